The maximum absolute atomic E-state index is 12.4. The standard InChI is InChI=1S/C51H57NO12/c1-57-49-31-39(15-20-46(49)56)13-17-42(53)33-43(54)18-14-40-16-21-47(50(32-40)58-2)62-30-29-60-28-27-59-26-24-52-35-44(55)37-63-45-19-22-48(61-25-23-38-9-5-3-6-10-38)51(34-45)64-36-41-11-7-4-8-12-41/h3-22,31-32,34,44,52,55-56H,23-30,33,35-37H2,1-2H3/t44-/m1/s1. The van der Waals surface area contributed by atoms with Crippen molar-refractivity contribution in [3.8, 4) is 40.2 Å². The van der Waals surface area contributed by atoms with Crippen LogP contribution in [0.4, 0.5) is 0 Å². The molecule has 0 aliphatic carbocycles. The first kappa shape index (κ1) is 48.4. The molecule has 338 valence electrons. The van der Waals surface area contributed by atoms with E-state index in [9.17, 15) is 19.8 Å². The number of carbonyl (C=O) groups excluding carboxylic acids is 2. The van der Waals surface area contributed by atoms with Crippen molar-refractivity contribution in [1.82, 2.24) is 5.32 Å². The number of methoxy groups -OCH3 is 2. The van der Waals surface area contributed by atoms with Gasteiger partial charge >= 0.3 is 0 Å². The zero-order chi connectivity index (χ0) is 45.2. The van der Waals surface area contributed by atoms with E-state index in [1.165, 1.54) is 38.0 Å². The normalized spacial score (nSPS) is 11.7. The second-order valence-corrected chi connectivity index (χ2v) is 14.3. The van der Waals surface area contributed by atoms with Gasteiger partial charge in [-0.1, -0.05) is 84.9 Å². The lowest BCUT2D eigenvalue weighted by Gasteiger charge is -2.17. The number of ether oxygens (including phenoxy) is 8. The molecule has 0 amide bonds. The Morgan fingerprint density at radius 2 is 1.19 bits per heavy atom. The molecule has 0 spiro atoms. The number of aliphatic hydroxyl groups is 1. The average Bonchev–Trinajstić information content (AvgIpc) is 3.32. The van der Waals surface area contributed by atoms with Crippen LogP contribution in [0.25, 0.3) is 12.2 Å². The Balaban J connectivity index is 0.913. The molecule has 64 heavy (non-hydrogen) atoms. The van der Waals surface area contributed by atoms with Crippen LogP contribution in [0.3, 0.4) is 0 Å². The molecule has 0 saturated heterocycles. The molecular formula is C51H57NO12. The van der Waals surface area contributed by atoms with Crippen LogP contribution >= 0.6 is 0 Å². The van der Waals surface area contributed by atoms with Gasteiger partial charge in [0.25, 0.3) is 0 Å². The monoisotopic (exact) mass is 875 g/mol. The zero-order valence-corrected chi connectivity index (χ0v) is 36.3. The summed E-state index contributed by atoms with van der Waals surface area (Å²) in [6.07, 6.45) is 5.57. The van der Waals surface area contributed by atoms with Gasteiger partial charge in [-0.25, -0.2) is 0 Å². The van der Waals surface area contributed by atoms with Crippen molar-refractivity contribution < 1.29 is 57.7 Å². The minimum Gasteiger partial charge on any atom is -0.504 e. The predicted octanol–water partition coefficient (Wildman–Crippen LogP) is 7.31. The zero-order valence-electron chi connectivity index (χ0n) is 36.3. The van der Waals surface area contributed by atoms with Crippen molar-refractivity contribution in [2.24, 2.45) is 0 Å². The largest absolute Gasteiger partial charge is 0.504 e. The summed E-state index contributed by atoms with van der Waals surface area (Å²) in [6, 6.07) is 35.4. The van der Waals surface area contributed by atoms with Crippen molar-refractivity contribution in [1.29, 1.82) is 0 Å². The third-order valence-electron chi connectivity index (χ3n) is 9.41. The topological polar surface area (TPSA) is 160 Å². The number of benzene rings is 5. The van der Waals surface area contributed by atoms with E-state index in [4.69, 9.17) is 37.9 Å². The van der Waals surface area contributed by atoms with Gasteiger partial charge in [0.05, 0.1) is 53.7 Å². The number of allylic oxidation sites excluding steroid dienone is 2. The second-order valence-electron chi connectivity index (χ2n) is 14.3. The van der Waals surface area contributed by atoms with E-state index in [-0.39, 0.29) is 42.7 Å². The summed E-state index contributed by atoms with van der Waals surface area (Å²) in [6.45, 7) is 3.67. The van der Waals surface area contributed by atoms with E-state index in [0.29, 0.717) is 92.6 Å². The molecule has 5 rings (SSSR count). The smallest absolute Gasteiger partial charge is 0.165 e. The number of phenolic OH excluding ortho intramolecular Hbond substituents is 1. The molecule has 5 aromatic carbocycles. The van der Waals surface area contributed by atoms with Gasteiger partial charge in [-0.2, -0.15) is 0 Å². The lowest BCUT2D eigenvalue weighted by molar-refractivity contribution is -0.121. The number of hydrogen-bond acceptors (Lipinski definition) is 13. The Hall–Kier alpha value is -6.64. The van der Waals surface area contributed by atoms with Crippen LogP contribution < -0.4 is 33.7 Å². The summed E-state index contributed by atoms with van der Waals surface area (Å²) in [4.78, 5) is 24.7. The molecule has 0 aliphatic rings. The Morgan fingerprint density at radius 3 is 1.89 bits per heavy atom. The van der Waals surface area contributed by atoms with Gasteiger partial charge in [0.2, 0.25) is 0 Å². The van der Waals surface area contributed by atoms with E-state index in [2.05, 4.69) is 17.4 Å². The summed E-state index contributed by atoms with van der Waals surface area (Å²) in [5.41, 5.74) is 3.57. The van der Waals surface area contributed by atoms with Gasteiger partial charge in [-0.3, -0.25) is 9.59 Å². The van der Waals surface area contributed by atoms with E-state index in [1.807, 2.05) is 60.7 Å². The van der Waals surface area contributed by atoms with Crippen LogP contribution in [-0.4, -0.2) is 101 Å². The fraction of sp³-hybridized carbons (Fsp3) is 0.294. The van der Waals surface area contributed by atoms with Crippen molar-refractivity contribution in [3.63, 3.8) is 0 Å². The molecule has 0 fully saturated rings. The SMILES string of the molecule is COc1cc(C=CC(=O)CC(=O)C=Cc2ccc(OCCOCCOCCNC[C@@H](O)COc3ccc(OCCc4ccccc4)c(OCc4ccccc4)c3)c(OC)c2)ccc1O. The highest BCUT2D eigenvalue weighted by Gasteiger charge is 2.12. The van der Waals surface area contributed by atoms with Crippen molar-refractivity contribution in [2.45, 2.75) is 25.6 Å². The van der Waals surface area contributed by atoms with E-state index in [1.54, 1.807) is 48.6 Å². The van der Waals surface area contributed by atoms with Crippen molar-refractivity contribution in [2.75, 3.05) is 73.6 Å². The Kier molecular flexibility index (Phi) is 20.7. The summed E-state index contributed by atoms with van der Waals surface area (Å²) in [5, 5.41) is 23.4. The number of ketones is 2. The number of hydrogen-bond donors (Lipinski definition) is 3. The van der Waals surface area contributed by atoms with Gasteiger partial charge in [-0.05, 0) is 70.8 Å². The summed E-state index contributed by atoms with van der Waals surface area (Å²) >= 11 is 0. The lowest BCUT2D eigenvalue weighted by atomic mass is 10.1. The first-order chi connectivity index (χ1) is 31.3. The fourth-order valence-corrected chi connectivity index (χ4v) is 6.04. The fourth-order valence-electron chi connectivity index (χ4n) is 6.04. The Labute approximate surface area is 374 Å². The molecule has 13 heteroatoms. The third-order valence-corrected chi connectivity index (χ3v) is 9.41. The molecule has 0 heterocycles. The minimum atomic E-state index is -0.741. The molecule has 1 atom stereocenters. The van der Waals surface area contributed by atoms with Gasteiger partial charge < -0.3 is 53.4 Å². The average molecular weight is 876 g/mol. The quantitative estimate of drug-likeness (QED) is 0.0240. The van der Waals surface area contributed by atoms with E-state index < -0.39 is 6.10 Å². The number of carbonyl (C=O) groups is 2. The van der Waals surface area contributed by atoms with Gasteiger partial charge in [0, 0.05) is 25.6 Å². The molecule has 0 bridgehead atoms. The van der Waals surface area contributed by atoms with E-state index in [0.717, 1.165) is 12.0 Å². The lowest BCUT2D eigenvalue weighted by Crippen LogP contribution is -2.33. The Morgan fingerprint density at radius 1 is 0.594 bits per heavy atom. The molecular weight excluding hydrogens is 819 g/mol. The summed E-state index contributed by atoms with van der Waals surface area (Å²) < 4.78 is 45.8. The Bertz CT molecular complexity index is 2230. The first-order valence-electron chi connectivity index (χ1n) is 21.0. The van der Waals surface area contributed by atoms with Gasteiger partial charge in [0.1, 0.15) is 31.7 Å². The number of nitrogens with one attached hydrogen (secondary N) is 1. The van der Waals surface area contributed by atoms with Crippen LogP contribution in [0.15, 0.2) is 127 Å². The molecule has 0 aliphatic heterocycles. The summed E-state index contributed by atoms with van der Waals surface area (Å²) in [5.74, 6) is 2.33. The maximum atomic E-state index is 12.4. The number of phenols is 1. The minimum absolute atomic E-state index is 0.00433. The highest BCUT2D eigenvalue weighted by molar-refractivity contribution is 6.10. The van der Waals surface area contributed by atoms with Crippen LogP contribution in [-0.2, 0) is 32.1 Å². The number of aromatic hydroxyl groups is 1. The third kappa shape index (κ3) is 17.6. The van der Waals surface area contributed by atoms with Gasteiger partial charge in [-0.15, -0.1) is 0 Å². The van der Waals surface area contributed by atoms with Crippen LogP contribution in [0.2, 0.25) is 0 Å². The maximum Gasteiger partial charge on any atom is 0.165 e. The van der Waals surface area contributed by atoms with E-state index >= 15 is 0 Å². The molecule has 0 unspecified atom stereocenters. The molecule has 0 aromatic heterocycles. The van der Waals surface area contributed by atoms with Crippen molar-refractivity contribution >= 4 is 23.7 Å². The van der Waals surface area contributed by atoms with Crippen LogP contribution in [0, 0.1) is 0 Å². The first-order valence-corrected chi connectivity index (χ1v) is 21.0. The second kappa shape index (κ2) is 27.4. The highest BCUT2D eigenvalue weighted by Crippen LogP contribution is 2.33. The summed E-state index contributed by atoms with van der Waals surface area (Å²) in [7, 11) is 2.96. The van der Waals surface area contributed by atoms with Crippen LogP contribution in [0.5, 0.6) is 40.2 Å². The molecule has 3 N–H and O–H groups in total. The molecule has 0 radical (unpaired) electrons. The van der Waals surface area contributed by atoms with Crippen molar-refractivity contribution in [3.05, 3.63) is 150 Å². The molecule has 5 aromatic rings. The number of rotatable bonds is 30. The van der Waals surface area contributed by atoms with Crippen LogP contribution in [0.1, 0.15) is 28.7 Å². The predicted molar refractivity (Wildman–Crippen MR) is 245 cm³/mol. The molecule has 0 saturated carbocycles. The number of aliphatic hydroxyl groups excluding tert-OH is 1. The highest BCUT2D eigenvalue weighted by atomic mass is 16.6. The molecule has 13 nitrogen and oxygen atoms in total. The van der Waals surface area contributed by atoms with Gasteiger partial charge in [0.15, 0.2) is 46.1 Å².